The lowest BCUT2D eigenvalue weighted by Crippen LogP contribution is -2.60. The molecule has 0 aliphatic carbocycles. The van der Waals surface area contributed by atoms with Gasteiger partial charge in [-0.1, -0.05) is 26.7 Å². The molecular formula is C14H22F9OP. The van der Waals surface area contributed by atoms with E-state index >= 15 is 0 Å². The van der Waals surface area contributed by atoms with Crippen LogP contribution in [0, 0.1) is 0 Å². The van der Waals surface area contributed by atoms with Gasteiger partial charge in [0.2, 0.25) is 0 Å². The highest BCUT2D eigenvalue weighted by molar-refractivity contribution is 7.63. The second-order valence-electron chi connectivity index (χ2n) is 5.93. The number of unbranched alkanes of at least 4 members (excludes halogenated alkanes) is 3. The van der Waals surface area contributed by atoms with E-state index in [1.807, 2.05) is 0 Å². The summed E-state index contributed by atoms with van der Waals surface area (Å²) < 4.78 is 126. The Morgan fingerprint density at radius 2 is 1.12 bits per heavy atom. The number of halogens is 9. The van der Waals surface area contributed by atoms with Crippen molar-refractivity contribution >= 4 is 7.14 Å². The quantitative estimate of drug-likeness (QED) is 0.209. The van der Waals surface area contributed by atoms with Crippen LogP contribution < -0.4 is 0 Å². The third-order valence-corrected chi connectivity index (χ3v) is 7.61. The Morgan fingerprint density at radius 1 is 0.680 bits per heavy atom. The average Bonchev–Trinajstić information content (AvgIpc) is 2.48. The molecule has 0 fully saturated rings. The van der Waals surface area contributed by atoms with E-state index in [-0.39, 0.29) is 12.8 Å². The van der Waals surface area contributed by atoms with Crippen LogP contribution in [0.3, 0.4) is 0 Å². The smallest absolute Gasteiger partial charge is 0.324 e. The summed E-state index contributed by atoms with van der Waals surface area (Å²) in [5.74, 6) is -18.8. The third-order valence-electron chi connectivity index (χ3n) is 4.17. The van der Waals surface area contributed by atoms with Crippen molar-refractivity contribution in [1.29, 1.82) is 0 Å². The molecule has 0 saturated heterocycles. The topological polar surface area (TPSA) is 17.1 Å². The van der Waals surface area contributed by atoms with Crippen molar-refractivity contribution < 1.29 is 44.1 Å². The summed E-state index contributed by atoms with van der Waals surface area (Å²) in [5.41, 5.74) is 0. The van der Waals surface area contributed by atoms with Gasteiger partial charge in [0.25, 0.3) is 0 Å². The van der Waals surface area contributed by atoms with Crippen LogP contribution in [0.4, 0.5) is 39.5 Å². The fraction of sp³-hybridized carbons (Fsp3) is 1.00. The minimum Gasteiger partial charge on any atom is -0.324 e. The number of rotatable bonds is 11. The van der Waals surface area contributed by atoms with Gasteiger partial charge in [0, 0.05) is 12.6 Å². The Morgan fingerprint density at radius 3 is 1.52 bits per heavy atom. The first-order valence-electron chi connectivity index (χ1n) is 7.85. The zero-order valence-electron chi connectivity index (χ0n) is 13.9. The second-order valence-corrected chi connectivity index (χ2v) is 9.76. The average molecular weight is 408 g/mol. The predicted molar refractivity (Wildman–Crippen MR) is 77.5 cm³/mol. The van der Waals surface area contributed by atoms with E-state index < -0.39 is 43.9 Å². The fourth-order valence-electron chi connectivity index (χ4n) is 2.21. The predicted octanol–water partition coefficient (Wildman–Crippen LogP) is 6.81. The van der Waals surface area contributed by atoms with Gasteiger partial charge in [-0.2, -0.15) is 39.5 Å². The molecule has 0 aromatic carbocycles. The van der Waals surface area contributed by atoms with Gasteiger partial charge in [-0.05, 0) is 25.2 Å². The molecule has 0 aromatic heterocycles. The van der Waals surface area contributed by atoms with Crippen LogP contribution >= 0.6 is 7.14 Å². The molecular weight excluding hydrogens is 386 g/mol. The Balaban J connectivity index is 4.57. The van der Waals surface area contributed by atoms with Crippen LogP contribution in [0.5, 0.6) is 0 Å². The maximum Gasteiger partial charge on any atom is 0.460 e. The maximum absolute atomic E-state index is 13.3. The molecule has 25 heavy (non-hydrogen) atoms. The Hall–Kier alpha value is -0.400. The van der Waals surface area contributed by atoms with Gasteiger partial charge >= 0.3 is 23.9 Å². The SMILES string of the molecule is CCP(=O)(CC)CCCCCCC(F)(F)C(F)(F)C(F)(F)C(F)(F)F. The summed E-state index contributed by atoms with van der Waals surface area (Å²) in [6, 6.07) is 0. The zero-order valence-corrected chi connectivity index (χ0v) is 14.8. The van der Waals surface area contributed by atoms with E-state index in [1.165, 1.54) is 0 Å². The summed E-state index contributed by atoms with van der Waals surface area (Å²) in [6.45, 7) is 3.49. The van der Waals surface area contributed by atoms with Crippen LogP contribution in [0.25, 0.3) is 0 Å². The summed E-state index contributed by atoms with van der Waals surface area (Å²) in [4.78, 5) is 0. The highest BCUT2D eigenvalue weighted by Crippen LogP contribution is 2.54. The van der Waals surface area contributed by atoms with Crippen molar-refractivity contribution in [2.24, 2.45) is 0 Å². The molecule has 11 heteroatoms. The van der Waals surface area contributed by atoms with Crippen LogP contribution in [-0.2, 0) is 4.57 Å². The second kappa shape index (κ2) is 8.53. The molecule has 0 bridgehead atoms. The maximum atomic E-state index is 13.3. The van der Waals surface area contributed by atoms with E-state index in [0.717, 1.165) is 0 Å². The lowest BCUT2D eigenvalue weighted by molar-refractivity contribution is -0.396. The molecule has 0 aliphatic heterocycles. The highest BCUT2D eigenvalue weighted by atomic mass is 31.2. The monoisotopic (exact) mass is 408 g/mol. The molecule has 0 spiro atoms. The Kier molecular flexibility index (Phi) is 8.39. The first kappa shape index (κ1) is 24.6. The molecule has 0 radical (unpaired) electrons. The van der Waals surface area contributed by atoms with Gasteiger partial charge < -0.3 is 4.57 Å². The number of hydrogen-bond donors (Lipinski definition) is 0. The van der Waals surface area contributed by atoms with Gasteiger partial charge in [-0.3, -0.25) is 0 Å². The van der Waals surface area contributed by atoms with Gasteiger partial charge in [-0.15, -0.1) is 0 Å². The third kappa shape index (κ3) is 5.79. The van der Waals surface area contributed by atoms with Crippen molar-refractivity contribution in [3.05, 3.63) is 0 Å². The van der Waals surface area contributed by atoms with Crippen molar-refractivity contribution in [3.8, 4) is 0 Å². The largest absolute Gasteiger partial charge is 0.460 e. The van der Waals surface area contributed by atoms with Gasteiger partial charge in [0.05, 0.1) is 7.14 Å². The van der Waals surface area contributed by atoms with Gasteiger partial charge in [0.15, 0.2) is 0 Å². The summed E-state index contributed by atoms with van der Waals surface area (Å²) in [6.07, 6.45) is -7.32. The van der Waals surface area contributed by atoms with E-state index in [1.54, 1.807) is 13.8 Å². The van der Waals surface area contributed by atoms with Crippen molar-refractivity contribution in [2.75, 3.05) is 18.5 Å². The number of alkyl halides is 9. The molecule has 0 atom stereocenters. The molecule has 152 valence electrons. The van der Waals surface area contributed by atoms with Crippen LogP contribution in [-0.4, -0.2) is 42.4 Å². The van der Waals surface area contributed by atoms with Crippen LogP contribution in [0.15, 0.2) is 0 Å². The molecule has 0 unspecified atom stereocenters. The lowest BCUT2D eigenvalue weighted by Gasteiger charge is -2.33. The van der Waals surface area contributed by atoms with Crippen LogP contribution in [0.2, 0.25) is 0 Å². The first-order chi connectivity index (χ1) is 11.1. The number of hydrogen-bond acceptors (Lipinski definition) is 1. The van der Waals surface area contributed by atoms with Crippen molar-refractivity contribution in [2.45, 2.75) is 69.9 Å². The minimum atomic E-state index is -6.82. The van der Waals surface area contributed by atoms with E-state index in [4.69, 9.17) is 0 Å². The molecule has 0 rings (SSSR count). The highest BCUT2D eigenvalue weighted by Gasteiger charge is 2.81. The van der Waals surface area contributed by atoms with Gasteiger partial charge in [-0.25, -0.2) is 0 Å². The summed E-state index contributed by atoms with van der Waals surface area (Å²) in [7, 11) is -2.32. The standard InChI is InChI=1S/C14H22F9OP/c1-3-25(24,4-2)10-8-6-5-7-9-11(15,16)12(17,18)13(19,20)14(21,22)23/h3-10H2,1-2H3. The molecule has 0 N–H and O–H groups in total. The fourth-order valence-corrected chi connectivity index (χ4v) is 4.08. The lowest BCUT2D eigenvalue weighted by atomic mass is 9.98. The Bertz CT molecular complexity index is 452. The van der Waals surface area contributed by atoms with E-state index in [2.05, 4.69) is 0 Å². The summed E-state index contributed by atoms with van der Waals surface area (Å²) >= 11 is 0. The zero-order chi connectivity index (χ0) is 20.2. The molecule has 1 nitrogen and oxygen atoms in total. The molecule has 0 saturated carbocycles. The normalized spacial score (nSPS) is 14.8. The molecule has 0 amide bonds. The molecule has 0 heterocycles. The van der Waals surface area contributed by atoms with Gasteiger partial charge in [0.1, 0.15) is 0 Å². The Labute approximate surface area is 140 Å². The molecule has 0 aliphatic rings. The van der Waals surface area contributed by atoms with E-state index in [9.17, 15) is 44.1 Å². The van der Waals surface area contributed by atoms with Crippen LogP contribution in [0.1, 0.15) is 46.0 Å². The minimum absolute atomic E-state index is 0.0588. The van der Waals surface area contributed by atoms with Crippen molar-refractivity contribution in [1.82, 2.24) is 0 Å². The first-order valence-corrected chi connectivity index (χ1v) is 10.1. The van der Waals surface area contributed by atoms with E-state index in [0.29, 0.717) is 24.9 Å². The molecule has 0 aromatic rings. The summed E-state index contributed by atoms with van der Waals surface area (Å²) in [5, 5.41) is 0. The van der Waals surface area contributed by atoms with Crippen molar-refractivity contribution in [3.63, 3.8) is 0 Å².